The highest BCUT2D eigenvalue weighted by Crippen LogP contribution is 2.21. The van der Waals surface area contributed by atoms with E-state index in [1.807, 2.05) is 0 Å². The Hall–Kier alpha value is -1.53. The number of nitrogens with zero attached hydrogens (tertiary/aromatic N) is 4. The van der Waals surface area contributed by atoms with E-state index in [9.17, 15) is 4.39 Å². The van der Waals surface area contributed by atoms with Gasteiger partial charge in [-0.05, 0) is 41.9 Å². The van der Waals surface area contributed by atoms with Gasteiger partial charge in [0.2, 0.25) is 0 Å². The highest BCUT2D eigenvalue weighted by Gasteiger charge is 2.12. The Morgan fingerprint density at radius 2 is 2.16 bits per heavy atom. The highest BCUT2D eigenvalue weighted by atomic mass is 35.5. The van der Waals surface area contributed by atoms with Crippen LogP contribution in [0.4, 0.5) is 4.39 Å². The summed E-state index contributed by atoms with van der Waals surface area (Å²) in [4.78, 5) is 0. The second kappa shape index (κ2) is 6.58. The molecule has 102 valence electrons. The Balaban J connectivity index is 2.13. The predicted molar refractivity (Wildman–Crippen MR) is 70.3 cm³/mol. The van der Waals surface area contributed by atoms with E-state index in [0.29, 0.717) is 29.5 Å². The number of tetrazole rings is 1. The molecular formula is C12H15ClFN5. The smallest absolute Gasteiger partial charge is 0.155 e. The monoisotopic (exact) mass is 283 g/mol. The van der Waals surface area contributed by atoms with Crippen molar-refractivity contribution < 1.29 is 4.39 Å². The van der Waals surface area contributed by atoms with Crippen molar-refractivity contribution in [3.63, 3.8) is 0 Å². The third-order valence-electron chi connectivity index (χ3n) is 2.83. The Morgan fingerprint density at radius 1 is 1.32 bits per heavy atom. The van der Waals surface area contributed by atoms with Gasteiger partial charge in [-0.25, -0.2) is 9.07 Å². The maximum Gasteiger partial charge on any atom is 0.155 e. The second-order valence-corrected chi connectivity index (χ2v) is 4.60. The number of rotatable bonds is 6. The van der Waals surface area contributed by atoms with E-state index in [4.69, 9.17) is 17.3 Å². The zero-order valence-corrected chi connectivity index (χ0v) is 11.1. The van der Waals surface area contributed by atoms with Gasteiger partial charge < -0.3 is 5.73 Å². The molecule has 0 amide bonds. The molecule has 0 bridgehead atoms. The van der Waals surface area contributed by atoms with Crippen molar-refractivity contribution in [1.82, 2.24) is 20.2 Å². The van der Waals surface area contributed by atoms with Crippen molar-refractivity contribution in [2.75, 3.05) is 6.54 Å². The molecular weight excluding hydrogens is 269 g/mol. The van der Waals surface area contributed by atoms with Gasteiger partial charge in [0.1, 0.15) is 5.82 Å². The van der Waals surface area contributed by atoms with Crippen LogP contribution in [0, 0.1) is 5.82 Å². The lowest BCUT2D eigenvalue weighted by atomic mass is 10.1. The minimum Gasteiger partial charge on any atom is -0.330 e. The van der Waals surface area contributed by atoms with Crippen molar-refractivity contribution in [3.8, 4) is 0 Å². The Labute approximate surface area is 115 Å². The zero-order chi connectivity index (χ0) is 13.7. The first-order valence-corrected chi connectivity index (χ1v) is 6.48. The van der Waals surface area contributed by atoms with Crippen LogP contribution in [0.5, 0.6) is 0 Å². The summed E-state index contributed by atoms with van der Waals surface area (Å²) in [5.41, 5.74) is 5.86. The molecule has 0 atom stereocenters. The van der Waals surface area contributed by atoms with E-state index >= 15 is 0 Å². The molecule has 0 spiro atoms. The van der Waals surface area contributed by atoms with Crippen LogP contribution in [-0.4, -0.2) is 26.8 Å². The SMILES string of the molecule is NCCCCn1nnnc1Cc1c(F)cccc1Cl. The number of aryl methyl sites for hydroxylation is 1. The molecule has 0 saturated carbocycles. The van der Waals surface area contributed by atoms with E-state index in [2.05, 4.69) is 15.5 Å². The van der Waals surface area contributed by atoms with E-state index in [1.165, 1.54) is 6.07 Å². The number of hydrogen-bond donors (Lipinski definition) is 1. The van der Waals surface area contributed by atoms with Crippen molar-refractivity contribution >= 4 is 11.6 Å². The van der Waals surface area contributed by atoms with E-state index in [1.54, 1.807) is 16.8 Å². The van der Waals surface area contributed by atoms with Crippen LogP contribution in [0.2, 0.25) is 5.02 Å². The normalized spacial score (nSPS) is 10.9. The number of hydrogen-bond acceptors (Lipinski definition) is 4. The van der Waals surface area contributed by atoms with Crippen LogP contribution in [0.15, 0.2) is 18.2 Å². The van der Waals surface area contributed by atoms with Crippen LogP contribution in [0.3, 0.4) is 0 Å². The van der Waals surface area contributed by atoms with Gasteiger partial charge in [0, 0.05) is 23.6 Å². The molecule has 0 saturated heterocycles. The summed E-state index contributed by atoms with van der Waals surface area (Å²) in [6, 6.07) is 4.61. The molecule has 0 unspecified atom stereocenters. The molecule has 7 heteroatoms. The topological polar surface area (TPSA) is 69.6 Å². The minimum atomic E-state index is -0.344. The largest absolute Gasteiger partial charge is 0.330 e. The number of unbranched alkanes of at least 4 members (excludes halogenated alkanes) is 1. The first kappa shape index (κ1) is 13.9. The predicted octanol–water partition coefficient (Wildman–Crippen LogP) is 1.80. The fourth-order valence-corrected chi connectivity index (χ4v) is 2.02. The van der Waals surface area contributed by atoms with Crippen LogP contribution < -0.4 is 5.73 Å². The summed E-state index contributed by atoms with van der Waals surface area (Å²) < 4.78 is 15.4. The third kappa shape index (κ3) is 3.48. The molecule has 5 nitrogen and oxygen atoms in total. The van der Waals surface area contributed by atoms with Gasteiger partial charge in [0.25, 0.3) is 0 Å². The summed E-state index contributed by atoms with van der Waals surface area (Å²) in [5.74, 6) is 0.257. The number of nitrogens with two attached hydrogens (primary N) is 1. The molecule has 0 aliphatic heterocycles. The molecule has 19 heavy (non-hydrogen) atoms. The number of halogens is 2. The van der Waals surface area contributed by atoms with Gasteiger partial charge in [-0.2, -0.15) is 0 Å². The molecule has 1 aromatic heterocycles. The fourth-order valence-electron chi connectivity index (χ4n) is 1.79. The van der Waals surface area contributed by atoms with Gasteiger partial charge >= 0.3 is 0 Å². The molecule has 2 rings (SSSR count). The van der Waals surface area contributed by atoms with E-state index in [0.717, 1.165) is 12.8 Å². The quantitative estimate of drug-likeness (QED) is 0.821. The number of benzene rings is 1. The zero-order valence-electron chi connectivity index (χ0n) is 10.4. The average molecular weight is 284 g/mol. The highest BCUT2D eigenvalue weighted by molar-refractivity contribution is 6.31. The van der Waals surface area contributed by atoms with Crippen molar-refractivity contribution in [1.29, 1.82) is 0 Å². The maximum atomic E-state index is 13.7. The Kier molecular flexibility index (Phi) is 4.81. The van der Waals surface area contributed by atoms with Crippen molar-refractivity contribution in [2.24, 2.45) is 5.73 Å². The van der Waals surface area contributed by atoms with Gasteiger partial charge in [0.15, 0.2) is 5.82 Å². The first-order valence-electron chi connectivity index (χ1n) is 6.10. The number of aromatic nitrogens is 4. The molecule has 1 heterocycles. The van der Waals surface area contributed by atoms with Gasteiger partial charge in [0.05, 0.1) is 0 Å². The van der Waals surface area contributed by atoms with Crippen molar-refractivity contribution in [3.05, 3.63) is 40.4 Å². The van der Waals surface area contributed by atoms with Crippen LogP contribution in [0.1, 0.15) is 24.2 Å². The van der Waals surface area contributed by atoms with Crippen molar-refractivity contribution in [2.45, 2.75) is 25.8 Å². The lowest BCUT2D eigenvalue weighted by Gasteiger charge is -2.06. The summed E-state index contributed by atoms with van der Waals surface area (Å²) in [6.07, 6.45) is 2.07. The molecule has 2 N–H and O–H groups in total. The van der Waals surface area contributed by atoms with Gasteiger partial charge in [-0.15, -0.1) is 5.10 Å². The molecule has 0 fully saturated rings. The van der Waals surface area contributed by atoms with Gasteiger partial charge in [-0.1, -0.05) is 17.7 Å². The van der Waals surface area contributed by atoms with E-state index in [-0.39, 0.29) is 12.2 Å². The van der Waals surface area contributed by atoms with E-state index < -0.39 is 0 Å². The summed E-state index contributed by atoms with van der Waals surface area (Å²) in [6.45, 7) is 1.31. The fraction of sp³-hybridized carbons (Fsp3) is 0.417. The average Bonchev–Trinajstić information content (AvgIpc) is 2.82. The summed E-state index contributed by atoms with van der Waals surface area (Å²) in [7, 11) is 0. The Bertz CT molecular complexity index is 522. The molecule has 1 aromatic carbocycles. The molecule has 0 radical (unpaired) electrons. The molecule has 2 aromatic rings. The lowest BCUT2D eigenvalue weighted by Crippen LogP contribution is -2.09. The van der Waals surface area contributed by atoms with Crippen LogP contribution >= 0.6 is 11.6 Å². The standard InChI is InChI=1S/C12H15ClFN5/c13-10-4-3-5-11(14)9(10)8-12-16-17-18-19(12)7-2-1-6-15/h3-5H,1-2,6-8,15H2. The first-order chi connectivity index (χ1) is 9.22. The Morgan fingerprint density at radius 3 is 2.89 bits per heavy atom. The third-order valence-corrected chi connectivity index (χ3v) is 3.18. The minimum absolute atomic E-state index is 0.279. The lowest BCUT2D eigenvalue weighted by molar-refractivity contribution is 0.526. The van der Waals surface area contributed by atoms with Crippen LogP contribution in [-0.2, 0) is 13.0 Å². The maximum absolute atomic E-state index is 13.7. The van der Waals surface area contributed by atoms with Crippen LogP contribution in [0.25, 0.3) is 0 Å². The summed E-state index contributed by atoms with van der Waals surface area (Å²) >= 11 is 5.99. The molecule has 0 aliphatic carbocycles. The second-order valence-electron chi connectivity index (χ2n) is 4.19. The van der Waals surface area contributed by atoms with Gasteiger partial charge in [-0.3, -0.25) is 0 Å². The summed E-state index contributed by atoms with van der Waals surface area (Å²) in [5, 5.41) is 11.8. The molecule has 0 aliphatic rings.